The Kier molecular flexibility index (Phi) is 4.24. The van der Waals surface area contributed by atoms with Crippen LogP contribution in [0.15, 0.2) is 54.7 Å². The van der Waals surface area contributed by atoms with Gasteiger partial charge in [0, 0.05) is 12.2 Å². The Morgan fingerprint density at radius 2 is 1.92 bits per heavy atom. The Bertz CT molecular complexity index is 856. The molecule has 0 N–H and O–H groups in total. The number of benzene rings is 2. The van der Waals surface area contributed by atoms with Gasteiger partial charge in [0.05, 0.1) is 19.3 Å². The summed E-state index contributed by atoms with van der Waals surface area (Å²) in [6, 6.07) is 17.0. The fourth-order valence-corrected chi connectivity index (χ4v) is 3.17. The monoisotopic (exact) mass is 334 g/mol. The summed E-state index contributed by atoms with van der Waals surface area (Å²) in [6.45, 7) is 6.47. The van der Waals surface area contributed by atoms with Gasteiger partial charge in [-0.3, -0.25) is 0 Å². The number of anilines is 1. The lowest BCUT2D eigenvalue weighted by atomic mass is 10.1. The fourth-order valence-electron chi connectivity index (χ4n) is 3.17. The topological polar surface area (TPSA) is 43.2 Å². The van der Waals surface area contributed by atoms with Crippen molar-refractivity contribution < 1.29 is 4.74 Å². The predicted molar refractivity (Wildman–Crippen MR) is 97.5 cm³/mol. The van der Waals surface area contributed by atoms with Gasteiger partial charge in [0.25, 0.3) is 0 Å². The van der Waals surface area contributed by atoms with Crippen LogP contribution >= 0.6 is 0 Å². The number of hydrogen-bond acceptors (Lipinski definition) is 4. The average Bonchev–Trinajstić information content (AvgIpc) is 3.26. The van der Waals surface area contributed by atoms with Gasteiger partial charge in [-0.05, 0) is 37.1 Å². The summed E-state index contributed by atoms with van der Waals surface area (Å²) in [5, 5.41) is 8.64. The Morgan fingerprint density at radius 1 is 1.08 bits per heavy atom. The second kappa shape index (κ2) is 6.69. The minimum atomic E-state index is -0.173. The van der Waals surface area contributed by atoms with E-state index in [9.17, 15) is 0 Å². The normalized spacial score (nSPS) is 17.2. The van der Waals surface area contributed by atoms with Crippen LogP contribution in [0.4, 0.5) is 5.69 Å². The summed E-state index contributed by atoms with van der Waals surface area (Å²) in [6.07, 6.45) is 1.81. The Morgan fingerprint density at radius 3 is 2.72 bits per heavy atom. The van der Waals surface area contributed by atoms with E-state index in [0.29, 0.717) is 13.2 Å². The quantitative estimate of drug-likeness (QED) is 0.733. The molecule has 3 aromatic rings. The third kappa shape index (κ3) is 3.42. The van der Waals surface area contributed by atoms with E-state index in [1.165, 1.54) is 16.7 Å². The van der Waals surface area contributed by atoms with E-state index in [2.05, 4.69) is 77.6 Å². The van der Waals surface area contributed by atoms with Crippen LogP contribution < -0.4 is 4.90 Å². The molecule has 0 amide bonds. The summed E-state index contributed by atoms with van der Waals surface area (Å²) < 4.78 is 7.81. The molecule has 1 atom stereocenters. The molecule has 1 fully saturated rings. The highest BCUT2D eigenvalue weighted by atomic mass is 16.5. The van der Waals surface area contributed by atoms with Crippen LogP contribution in [0.5, 0.6) is 0 Å². The second-order valence-corrected chi connectivity index (χ2v) is 6.58. The van der Waals surface area contributed by atoms with E-state index >= 15 is 0 Å². The molecule has 0 saturated carbocycles. The lowest BCUT2D eigenvalue weighted by Crippen LogP contribution is -2.23. The zero-order valence-electron chi connectivity index (χ0n) is 14.6. The van der Waals surface area contributed by atoms with Crippen LogP contribution in [0.1, 0.15) is 28.6 Å². The summed E-state index contributed by atoms with van der Waals surface area (Å²) >= 11 is 0. The molecule has 0 bridgehead atoms. The molecular weight excluding hydrogens is 312 g/mol. The van der Waals surface area contributed by atoms with Crippen molar-refractivity contribution in [2.75, 3.05) is 18.1 Å². The predicted octanol–water partition coefficient (Wildman–Crippen LogP) is 3.48. The van der Waals surface area contributed by atoms with Gasteiger partial charge >= 0.3 is 0 Å². The largest absolute Gasteiger partial charge is 0.350 e. The Hall–Kier alpha value is -2.66. The highest BCUT2D eigenvalue weighted by Gasteiger charge is 2.29. The SMILES string of the molecule is Cc1ccc(Cn2cc([C@@H]3OCCN3c3cccc(C)c3)nn2)cc1. The minimum absolute atomic E-state index is 0.173. The standard InChI is InChI=1S/C20H22N4O/c1-15-6-8-17(9-7-15)13-23-14-19(21-22-23)20-24(10-11-25-20)18-5-3-4-16(2)12-18/h3-9,12,14,20H,10-11,13H2,1-2H3/t20-/m0/s1. The highest BCUT2D eigenvalue weighted by Crippen LogP contribution is 2.31. The molecule has 0 aliphatic carbocycles. The summed E-state index contributed by atoms with van der Waals surface area (Å²) in [7, 11) is 0. The van der Waals surface area contributed by atoms with E-state index < -0.39 is 0 Å². The molecule has 5 nitrogen and oxygen atoms in total. The van der Waals surface area contributed by atoms with Gasteiger partial charge in [-0.2, -0.15) is 0 Å². The number of ether oxygens (including phenoxy) is 1. The lowest BCUT2D eigenvalue weighted by molar-refractivity contribution is 0.110. The first kappa shape index (κ1) is 15.8. The van der Waals surface area contributed by atoms with Gasteiger partial charge in [-0.25, -0.2) is 4.68 Å². The fraction of sp³-hybridized carbons (Fsp3) is 0.300. The summed E-state index contributed by atoms with van der Waals surface area (Å²) in [5.74, 6) is 0. The molecule has 1 aromatic heterocycles. The molecule has 128 valence electrons. The molecule has 2 aromatic carbocycles. The van der Waals surface area contributed by atoms with Crippen molar-refractivity contribution in [2.45, 2.75) is 26.6 Å². The molecule has 0 unspecified atom stereocenters. The smallest absolute Gasteiger partial charge is 0.177 e. The first-order valence-electron chi connectivity index (χ1n) is 8.59. The van der Waals surface area contributed by atoms with E-state index in [-0.39, 0.29) is 6.23 Å². The van der Waals surface area contributed by atoms with Crippen LogP contribution in [-0.4, -0.2) is 28.1 Å². The zero-order valence-corrected chi connectivity index (χ0v) is 14.6. The van der Waals surface area contributed by atoms with Crippen LogP contribution in [0, 0.1) is 13.8 Å². The number of hydrogen-bond donors (Lipinski definition) is 0. The zero-order chi connectivity index (χ0) is 17.2. The van der Waals surface area contributed by atoms with Gasteiger partial charge in [0.1, 0.15) is 5.69 Å². The van der Waals surface area contributed by atoms with E-state index in [1.807, 2.05) is 10.9 Å². The molecule has 0 radical (unpaired) electrons. The van der Waals surface area contributed by atoms with Gasteiger partial charge in [0.15, 0.2) is 6.23 Å². The van der Waals surface area contributed by atoms with Crippen molar-refractivity contribution in [1.82, 2.24) is 15.0 Å². The van der Waals surface area contributed by atoms with Gasteiger partial charge in [0.2, 0.25) is 0 Å². The lowest BCUT2D eigenvalue weighted by Gasteiger charge is -2.23. The number of aromatic nitrogens is 3. The van der Waals surface area contributed by atoms with Crippen LogP contribution in [0.25, 0.3) is 0 Å². The van der Waals surface area contributed by atoms with Crippen molar-refractivity contribution >= 4 is 5.69 Å². The number of aryl methyl sites for hydroxylation is 2. The van der Waals surface area contributed by atoms with E-state index in [4.69, 9.17) is 4.74 Å². The number of nitrogens with zero attached hydrogens (tertiary/aromatic N) is 4. The molecule has 0 spiro atoms. The van der Waals surface area contributed by atoms with Crippen molar-refractivity contribution in [2.24, 2.45) is 0 Å². The maximum Gasteiger partial charge on any atom is 0.177 e. The number of rotatable bonds is 4. The van der Waals surface area contributed by atoms with Crippen LogP contribution in [-0.2, 0) is 11.3 Å². The molecular formula is C20H22N4O. The molecule has 2 heterocycles. The van der Waals surface area contributed by atoms with E-state index in [0.717, 1.165) is 17.9 Å². The van der Waals surface area contributed by atoms with Crippen molar-refractivity contribution in [3.05, 3.63) is 77.1 Å². The van der Waals surface area contributed by atoms with Gasteiger partial charge in [-0.15, -0.1) is 5.10 Å². The summed E-state index contributed by atoms with van der Waals surface area (Å²) in [4.78, 5) is 2.24. The second-order valence-electron chi connectivity index (χ2n) is 6.58. The Balaban J connectivity index is 1.53. The van der Waals surface area contributed by atoms with Crippen molar-refractivity contribution in [1.29, 1.82) is 0 Å². The molecule has 25 heavy (non-hydrogen) atoms. The molecule has 1 aliphatic heterocycles. The van der Waals surface area contributed by atoms with Crippen molar-refractivity contribution in [3.63, 3.8) is 0 Å². The average molecular weight is 334 g/mol. The Labute approximate surface area is 147 Å². The van der Waals surface area contributed by atoms with E-state index in [1.54, 1.807) is 0 Å². The molecule has 5 heteroatoms. The van der Waals surface area contributed by atoms with Crippen molar-refractivity contribution in [3.8, 4) is 0 Å². The first-order valence-corrected chi connectivity index (χ1v) is 8.59. The minimum Gasteiger partial charge on any atom is -0.350 e. The highest BCUT2D eigenvalue weighted by molar-refractivity contribution is 5.50. The van der Waals surface area contributed by atoms with Crippen LogP contribution in [0.3, 0.4) is 0 Å². The molecule has 4 rings (SSSR count). The summed E-state index contributed by atoms with van der Waals surface area (Å²) in [5.41, 5.74) is 5.73. The third-order valence-electron chi connectivity index (χ3n) is 4.50. The van der Waals surface area contributed by atoms with Gasteiger partial charge < -0.3 is 9.64 Å². The van der Waals surface area contributed by atoms with Crippen LogP contribution in [0.2, 0.25) is 0 Å². The maximum atomic E-state index is 5.94. The maximum absolute atomic E-state index is 5.94. The molecule has 1 saturated heterocycles. The third-order valence-corrected chi connectivity index (χ3v) is 4.50. The first-order chi connectivity index (χ1) is 12.2. The van der Waals surface area contributed by atoms with Gasteiger partial charge in [-0.1, -0.05) is 47.2 Å². The molecule has 1 aliphatic rings.